The lowest BCUT2D eigenvalue weighted by Gasteiger charge is -2.12. The molecule has 0 spiro atoms. The molecule has 1 aliphatic heterocycles. The minimum atomic E-state index is -0.182. The van der Waals surface area contributed by atoms with E-state index in [1.54, 1.807) is 0 Å². The summed E-state index contributed by atoms with van der Waals surface area (Å²) < 4.78 is 1.95. The number of nitrogens with one attached hydrogen (secondary N) is 1. The number of benzene rings is 2. The normalized spacial score (nSPS) is 16.8. The van der Waals surface area contributed by atoms with Crippen LogP contribution in [0.25, 0.3) is 11.4 Å². The third-order valence-corrected chi connectivity index (χ3v) is 5.66. The van der Waals surface area contributed by atoms with Crippen LogP contribution in [0.3, 0.4) is 0 Å². The Labute approximate surface area is 150 Å². The summed E-state index contributed by atoms with van der Waals surface area (Å²) in [6, 6.07) is 17.9. The second-order valence-corrected chi connectivity index (χ2v) is 7.19. The first-order chi connectivity index (χ1) is 12.2. The highest BCUT2D eigenvalue weighted by Gasteiger charge is 2.26. The van der Waals surface area contributed by atoms with Gasteiger partial charge in [0, 0.05) is 18.3 Å². The van der Waals surface area contributed by atoms with Crippen LogP contribution in [0.2, 0.25) is 0 Å². The van der Waals surface area contributed by atoms with Gasteiger partial charge >= 0.3 is 0 Å². The zero-order chi connectivity index (χ0) is 17.2. The van der Waals surface area contributed by atoms with Gasteiger partial charge in [0.1, 0.15) is 0 Å². The van der Waals surface area contributed by atoms with Crippen molar-refractivity contribution in [3.8, 4) is 11.4 Å². The first-order valence-corrected chi connectivity index (χ1v) is 9.10. The molecule has 1 atom stereocenters. The van der Waals surface area contributed by atoms with Crippen LogP contribution in [0.1, 0.15) is 12.0 Å². The molecule has 1 N–H and O–H groups in total. The predicted octanol–water partition coefficient (Wildman–Crippen LogP) is 3.53. The number of hydrogen-bond donors (Lipinski definition) is 1. The Morgan fingerprint density at radius 3 is 2.68 bits per heavy atom. The maximum Gasteiger partial charge on any atom is 0.237 e. The maximum absolute atomic E-state index is 12.6. The lowest BCUT2D eigenvalue weighted by molar-refractivity contribution is -0.115. The molecule has 2 heterocycles. The minimum Gasteiger partial charge on any atom is -0.325 e. The van der Waals surface area contributed by atoms with Crippen molar-refractivity contribution in [2.24, 2.45) is 7.05 Å². The van der Waals surface area contributed by atoms with Crippen molar-refractivity contribution in [3.63, 3.8) is 0 Å². The molecule has 3 aromatic rings. The van der Waals surface area contributed by atoms with Crippen molar-refractivity contribution in [2.75, 3.05) is 5.32 Å². The van der Waals surface area contributed by atoms with E-state index in [1.807, 2.05) is 60.1 Å². The van der Waals surface area contributed by atoms with Crippen LogP contribution in [0.4, 0.5) is 5.69 Å². The van der Waals surface area contributed by atoms with Gasteiger partial charge < -0.3 is 9.88 Å². The highest BCUT2D eigenvalue weighted by Crippen LogP contribution is 2.31. The average molecular weight is 350 g/mol. The topological polar surface area (TPSA) is 59.8 Å². The van der Waals surface area contributed by atoms with Crippen molar-refractivity contribution in [3.05, 3.63) is 60.2 Å². The second-order valence-electron chi connectivity index (χ2n) is 6.02. The van der Waals surface area contributed by atoms with E-state index >= 15 is 0 Å². The number of thioether (sulfide) groups is 1. The largest absolute Gasteiger partial charge is 0.325 e. The van der Waals surface area contributed by atoms with Gasteiger partial charge in [0.15, 0.2) is 11.0 Å². The smallest absolute Gasteiger partial charge is 0.237 e. The van der Waals surface area contributed by atoms with Crippen molar-refractivity contribution >= 4 is 23.4 Å². The number of carbonyl (C=O) groups is 1. The van der Waals surface area contributed by atoms with Gasteiger partial charge in [-0.1, -0.05) is 60.3 Å². The van der Waals surface area contributed by atoms with Crippen molar-refractivity contribution < 1.29 is 4.79 Å². The number of hydrogen-bond acceptors (Lipinski definition) is 4. The van der Waals surface area contributed by atoms with Gasteiger partial charge in [-0.25, -0.2) is 0 Å². The van der Waals surface area contributed by atoms with Gasteiger partial charge in [-0.3, -0.25) is 4.79 Å². The Bertz CT molecular complexity index is 907. The minimum absolute atomic E-state index is 0.0270. The Morgan fingerprint density at radius 2 is 1.84 bits per heavy atom. The summed E-state index contributed by atoms with van der Waals surface area (Å²) in [4.78, 5) is 12.6. The number of nitrogens with zero attached hydrogens (tertiary/aromatic N) is 3. The van der Waals surface area contributed by atoms with E-state index < -0.39 is 0 Å². The summed E-state index contributed by atoms with van der Waals surface area (Å²) >= 11 is 1.48. The highest BCUT2D eigenvalue weighted by molar-refractivity contribution is 8.00. The van der Waals surface area contributed by atoms with Crippen LogP contribution in [0, 0.1) is 0 Å². The molecule has 25 heavy (non-hydrogen) atoms. The lowest BCUT2D eigenvalue weighted by atomic mass is 10.1. The maximum atomic E-state index is 12.6. The van der Waals surface area contributed by atoms with Crippen LogP contribution >= 0.6 is 11.8 Å². The Morgan fingerprint density at radius 1 is 1.08 bits per heavy atom. The van der Waals surface area contributed by atoms with Gasteiger partial charge in [-0.15, -0.1) is 10.2 Å². The number of amides is 1. The Hall–Kier alpha value is -2.60. The number of anilines is 1. The van der Waals surface area contributed by atoms with E-state index in [-0.39, 0.29) is 11.2 Å². The van der Waals surface area contributed by atoms with Crippen LogP contribution in [0.15, 0.2) is 59.8 Å². The van der Waals surface area contributed by atoms with E-state index in [9.17, 15) is 4.79 Å². The van der Waals surface area contributed by atoms with Crippen molar-refractivity contribution in [2.45, 2.75) is 23.2 Å². The summed E-state index contributed by atoms with van der Waals surface area (Å²) in [6.07, 6.45) is 1.65. The molecule has 0 unspecified atom stereocenters. The standard InChI is InChI=1S/C19H18N4OS/c1-23-17(14-8-3-2-4-9-14)21-22-19(23)25-16-12-11-13-7-5-6-10-15(13)20-18(16)24/h2-10,16H,11-12H2,1H3,(H,20,24)/t16-/m1/s1. The van der Waals surface area contributed by atoms with Crippen molar-refractivity contribution in [1.82, 2.24) is 14.8 Å². The fraction of sp³-hybridized carbons (Fsp3) is 0.211. The number of fused-ring (bicyclic) bond motifs is 1. The molecule has 126 valence electrons. The SMILES string of the molecule is Cn1c(S[C@@H]2CCc3ccccc3NC2=O)nnc1-c1ccccc1. The summed E-state index contributed by atoms with van der Waals surface area (Å²) in [5, 5.41) is 12.2. The monoisotopic (exact) mass is 350 g/mol. The Balaban J connectivity index is 1.55. The number of carbonyl (C=O) groups excluding carboxylic acids is 1. The lowest BCUT2D eigenvalue weighted by Crippen LogP contribution is -2.24. The fourth-order valence-corrected chi connectivity index (χ4v) is 3.98. The van der Waals surface area contributed by atoms with E-state index in [0.29, 0.717) is 0 Å². The molecule has 4 rings (SSSR count). The molecule has 0 saturated carbocycles. The summed E-state index contributed by atoms with van der Waals surface area (Å²) in [7, 11) is 1.94. The Kier molecular flexibility index (Phi) is 4.28. The molecule has 0 bridgehead atoms. The molecule has 1 aliphatic rings. The van der Waals surface area contributed by atoms with Crippen LogP contribution in [-0.2, 0) is 18.3 Å². The molecule has 0 aliphatic carbocycles. The van der Waals surface area contributed by atoms with Crippen molar-refractivity contribution in [1.29, 1.82) is 0 Å². The van der Waals surface area contributed by atoms with E-state index in [2.05, 4.69) is 21.6 Å². The molecule has 6 heteroatoms. The third kappa shape index (κ3) is 3.17. The molecule has 0 saturated heterocycles. The zero-order valence-electron chi connectivity index (χ0n) is 13.8. The fourth-order valence-electron chi connectivity index (χ4n) is 2.99. The molecular weight excluding hydrogens is 332 g/mol. The third-order valence-electron chi connectivity index (χ3n) is 4.36. The first kappa shape index (κ1) is 15.9. The van der Waals surface area contributed by atoms with E-state index in [0.717, 1.165) is 35.1 Å². The molecule has 1 amide bonds. The average Bonchev–Trinajstić information content (AvgIpc) is 2.92. The van der Waals surface area contributed by atoms with Gasteiger partial charge in [0.25, 0.3) is 0 Å². The van der Waals surface area contributed by atoms with Gasteiger partial charge in [-0.2, -0.15) is 0 Å². The van der Waals surface area contributed by atoms with Crippen LogP contribution in [0.5, 0.6) is 0 Å². The summed E-state index contributed by atoms with van der Waals surface area (Å²) in [5.74, 6) is 0.833. The first-order valence-electron chi connectivity index (χ1n) is 8.22. The van der Waals surface area contributed by atoms with E-state index in [4.69, 9.17) is 0 Å². The molecule has 2 aromatic carbocycles. The molecule has 5 nitrogen and oxygen atoms in total. The second kappa shape index (κ2) is 6.72. The molecule has 0 radical (unpaired) electrons. The van der Waals surface area contributed by atoms with Gasteiger partial charge in [0.2, 0.25) is 5.91 Å². The number of para-hydroxylation sites is 1. The molecule has 0 fully saturated rings. The molecular formula is C19H18N4OS. The number of rotatable bonds is 3. The van der Waals surface area contributed by atoms with E-state index in [1.165, 1.54) is 17.3 Å². The molecule has 1 aromatic heterocycles. The number of aryl methyl sites for hydroxylation is 1. The highest BCUT2D eigenvalue weighted by atomic mass is 32.2. The number of aromatic nitrogens is 3. The zero-order valence-corrected chi connectivity index (χ0v) is 14.7. The van der Waals surface area contributed by atoms with Gasteiger partial charge in [0.05, 0.1) is 5.25 Å². The van der Waals surface area contributed by atoms with Crippen LogP contribution in [-0.4, -0.2) is 25.9 Å². The quantitative estimate of drug-likeness (QED) is 0.785. The summed E-state index contributed by atoms with van der Waals surface area (Å²) in [5.41, 5.74) is 3.11. The summed E-state index contributed by atoms with van der Waals surface area (Å²) in [6.45, 7) is 0. The predicted molar refractivity (Wildman–Crippen MR) is 99.5 cm³/mol. The van der Waals surface area contributed by atoms with Crippen LogP contribution < -0.4 is 5.32 Å². The van der Waals surface area contributed by atoms with Gasteiger partial charge in [-0.05, 0) is 24.5 Å².